The Labute approximate surface area is 52.2 Å². The topological polar surface area (TPSA) is 6.48 Å². The lowest BCUT2D eigenvalue weighted by Gasteiger charge is -2.20. The van der Waals surface area contributed by atoms with Crippen LogP contribution in [-0.4, -0.2) is 32.3 Å². The van der Waals surface area contributed by atoms with E-state index in [4.69, 9.17) is 0 Å². The van der Waals surface area contributed by atoms with E-state index in [-0.39, 0.29) is 0 Å². The molecule has 0 aromatic rings. The molecule has 0 N–H and O–H groups in total. The monoisotopic (exact) mass is 128 g/mol. The van der Waals surface area contributed by atoms with Crippen molar-refractivity contribution in [1.29, 1.82) is 0 Å². The van der Waals surface area contributed by atoms with E-state index < -0.39 is 9.12 Å². The third-order valence-electron chi connectivity index (χ3n) is 1.72. The standard InChI is InChI=1S/C5H12N2Si/c1-6-4-5-7(2)8(6)3/h4-5,8H,1-3H3. The number of rotatable bonds is 0. The highest BCUT2D eigenvalue weighted by Gasteiger charge is 2.15. The maximum Gasteiger partial charge on any atom is 0.243 e. The van der Waals surface area contributed by atoms with Crippen molar-refractivity contribution in [2.24, 2.45) is 0 Å². The Morgan fingerprint density at radius 1 is 1.12 bits per heavy atom. The highest BCUT2D eigenvalue weighted by molar-refractivity contribution is 6.52. The van der Waals surface area contributed by atoms with Gasteiger partial charge in [0.25, 0.3) is 0 Å². The zero-order valence-corrected chi connectivity index (χ0v) is 6.78. The minimum absolute atomic E-state index is 0.682. The Bertz CT molecular complexity index is 101. The first kappa shape index (κ1) is 5.69. The molecule has 0 amide bonds. The molecule has 0 saturated heterocycles. The predicted molar refractivity (Wildman–Crippen MR) is 37.7 cm³/mol. The summed E-state index contributed by atoms with van der Waals surface area (Å²) in [5.41, 5.74) is 0. The molecule has 0 radical (unpaired) electrons. The van der Waals surface area contributed by atoms with Crippen molar-refractivity contribution in [3.05, 3.63) is 12.4 Å². The van der Waals surface area contributed by atoms with E-state index in [0.717, 1.165) is 0 Å². The van der Waals surface area contributed by atoms with Crippen molar-refractivity contribution < 1.29 is 0 Å². The molecule has 3 heteroatoms. The van der Waals surface area contributed by atoms with E-state index in [9.17, 15) is 0 Å². The molecule has 0 fully saturated rings. The molecule has 2 nitrogen and oxygen atoms in total. The summed E-state index contributed by atoms with van der Waals surface area (Å²) in [7, 11) is 3.59. The molecule has 1 aliphatic heterocycles. The van der Waals surface area contributed by atoms with Crippen molar-refractivity contribution in [1.82, 2.24) is 9.13 Å². The molecule has 1 heterocycles. The minimum Gasteiger partial charge on any atom is -0.391 e. The molecular formula is C5H12N2Si. The van der Waals surface area contributed by atoms with E-state index >= 15 is 0 Å². The van der Waals surface area contributed by atoms with Gasteiger partial charge in [-0.25, -0.2) is 0 Å². The molecule has 0 atom stereocenters. The SMILES string of the molecule is CN1C=CN(C)[SiH]1C. The molecule has 1 rings (SSSR count). The van der Waals surface area contributed by atoms with Crippen LogP contribution < -0.4 is 0 Å². The maximum atomic E-state index is 2.31. The molecule has 8 heavy (non-hydrogen) atoms. The van der Waals surface area contributed by atoms with Crippen molar-refractivity contribution >= 4 is 9.12 Å². The zero-order chi connectivity index (χ0) is 6.15. The lowest BCUT2D eigenvalue weighted by molar-refractivity contribution is 0.651. The average Bonchev–Trinajstić information content (AvgIpc) is 1.98. The minimum atomic E-state index is -0.682. The maximum absolute atomic E-state index is 2.31. The summed E-state index contributed by atoms with van der Waals surface area (Å²) >= 11 is 0. The van der Waals surface area contributed by atoms with Gasteiger partial charge < -0.3 is 9.13 Å². The molecule has 0 aliphatic carbocycles. The quantitative estimate of drug-likeness (QED) is 0.430. The van der Waals surface area contributed by atoms with Crippen LogP contribution in [0.25, 0.3) is 0 Å². The van der Waals surface area contributed by atoms with Crippen molar-refractivity contribution in [2.75, 3.05) is 14.1 Å². The van der Waals surface area contributed by atoms with E-state index in [2.05, 4.69) is 42.2 Å². The molecule has 0 bridgehead atoms. The highest BCUT2D eigenvalue weighted by Crippen LogP contribution is 2.05. The molecule has 0 spiro atoms. The van der Waals surface area contributed by atoms with Gasteiger partial charge in [0.15, 0.2) is 0 Å². The largest absolute Gasteiger partial charge is 0.391 e. The molecule has 0 saturated carbocycles. The molecule has 0 unspecified atom stereocenters. The Morgan fingerprint density at radius 3 is 1.62 bits per heavy atom. The summed E-state index contributed by atoms with van der Waals surface area (Å²) in [6.45, 7) is 2.31. The van der Waals surface area contributed by atoms with Crippen LogP contribution in [0.2, 0.25) is 6.55 Å². The smallest absolute Gasteiger partial charge is 0.243 e. The first-order chi connectivity index (χ1) is 3.72. The first-order valence-corrected chi connectivity index (χ1v) is 5.03. The third-order valence-corrected chi connectivity index (χ3v) is 4.42. The summed E-state index contributed by atoms with van der Waals surface area (Å²) in [6.07, 6.45) is 4.27. The van der Waals surface area contributed by atoms with Crippen molar-refractivity contribution in [3.8, 4) is 0 Å². The normalized spacial score (nSPS) is 20.9. The molecule has 0 aromatic carbocycles. The Kier molecular flexibility index (Phi) is 1.29. The van der Waals surface area contributed by atoms with Gasteiger partial charge in [0, 0.05) is 12.4 Å². The fourth-order valence-electron chi connectivity index (χ4n) is 0.747. The average molecular weight is 128 g/mol. The van der Waals surface area contributed by atoms with Crippen LogP contribution in [0, 0.1) is 0 Å². The third kappa shape index (κ3) is 0.732. The van der Waals surface area contributed by atoms with Crippen LogP contribution in [0.15, 0.2) is 12.4 Å². The van der Waals surface area contributed by atoms with E-state index in [1.54, 1.807) is 0 Å². The van der Waals surface area contributed by atoms with Gasteiger partial charge in [-0.2, -0.15) is 0 Å². The molecular weight excluding hydrogens is 116 g/mol. The second kappa shape index (κ2) is 1.82. The summed E-state index contributed by atoms with van der Waals surface area (Å²) in [5.74, 6) is 0. The Morgan fingerprint density at radius 2 is 1.50 bits per heavy atom. The lowest BCUT2D eigenvalue weighted by atomic mass is 10.9. The summed E-state index contributed by atoms with van der Waals surface area (Å²) < 4.78 is 4.61. The van der Waals surface area contributed by atoms with Gasteiger partial charge in [-0.05, 0) is 20.6 Å². The van der Waals surface area contributed by atoms with Crippen molar-refractivity contribution in [3.63, 3.8) is 0 Å². The highest BCUT2D eigenvalue weighted by atomic mass is 28.3. The van der Waals surface area contributed by atoms with E-state index in [1.807, 2.05) is 0 Å². The molecule has 1 aliphatic rings. The van der Waals surface area contributed by atoms with Gasteiger partial charge in [0.2, 0.25) is 9.12 Å². The van der Waals surface area contributed by atoms with Gasteiger partial charge in [-0.1, -0.05) is 0 Å². The summed E-state index contributed by atoms with van der Waals surface area (Å²) in [5, 5.41) is 0. The molecule has 46 valence electrons. The van der Waals surface area contributed by atoms with Gasteiger partial charge >= 0.3 is 0 Å². The van der Waals surface area contributed by atoms with Crippen LogP contribution >= 0.6 is 0 Å². The predicted octanol–water partition coefficient (Wildman–Crippen LogP) is 0.185. The van der Waals surface area contributed by atoms with Crippen LogP contribution in [-0.2, 0) is 0 Å². The van der Waals surface area contributed by atoms with Crippen LogP contribution in [0.1, 0.15) is 0 Å². The Hall–Kier alpha value is -0.443. The first-order valence-electron chi connectivity index (χ1n) is 2.84. The van der Waals surface area contributed by atoms with E-state index in [1.165, 1.54) is 0 Å². The van der Waals surface area contributed by atoms with Gasteiger partial charge in [-0.3, -0.25) is 0 Å². The summed E-state index contributed by atoms with van der Waals surface area (Å²) in [4.78, 5) is 0. The zero-order valence-electron chi connectivity index (χ0n) is 5.63. The lowest BCUT2D eigenvalue weighted by Crippen LogP contribution is -2.35. The molecule has 0 aromatic heterocycles. The van der Waals surface area contributed by atoms with Gasteiger partial charge in [0.05, 0.1) is 0 Å². The summed E-state index contributed by atoms with van der Waals surface area (Å²) in [6, 6.07) is 0. The van der Waals surface area contributed by atoms with Gasteiger partial charge in [0.1, 0.15) is 0 Å². The second-order valence-electron chi connectivity index (χ2n) is 2.26. The van der Waals surface area contributed by atoms with Crippen LogP contribution in [0.3, 0.4) is 0 Å². The number of nitrogens with zero attached hydrogens (tertiary/aromatic N) is 2. The van der Waals surface area contributed by atoms with Crippen molar-refractivity contribution in [2.45, 2.75) is 6.55 Å². The Balaban J connectivity index is 2.55. The fourth-order valence-corrected chi connectivity index (χ4v) is 1.97. The number of hydrogen-bond donors (Lipinski definition) is 0. The number of hydrogen-bond acceptors (Lipinski definition) is 2. The van der Waals surface area contributed by atoms with E-state index in [0.29, 0.717) is 0 Å². The fraction of sp³-hybridized carbons (Fsp3) is 0.600. The van der Waals surface area contributed by atoms with Crippen LogP contribution in [0.5, 0.6) is 0 Å². The second-order valence-corrected chi connectivity index (χ2v) is 5.15. The van der Waals surface area contributed by atoms with Crippen LogP contribution in [0.4, 0.5) is 0 Å². The van der Waals surface area contributed by atoms with Gasteiger partial charge in [-0.15, -0.1) is 0 Å².